The molecule has 0 atom stereocenters. The molecule has 2 amide bonds. The number of piperazine rings is 1. The molecule has 1 N–H and O–H groups in total. The number of anilines is 1. The van der Waals surface area contributed by atoms with E-state index in [2.05, 4.69) is 25.2 Å². The SMILES string of the molecule is COc1cnc(N2CCN(C(=O)c3cc4c(-c5ccccc5OC)cc(C5=CCCN(C(=O)CCn6ccnn6)C5)c(F)c4[nH]3)CC2)c(OC)c1. The van der Waals surface area contributed by atoms with E-state index in [0.717, 1.165) is 5.56 Å². The van der Waals surface area contributed by atoms with Gasteiger partial charge in [0.2, 0.25) is 5.91 Å². The molecule has 0 unspecified atom stereocenters. The summed E-state index contributed by atoms with van der Waals surface area (Å²) in [6.07, 6.45) is 7.75. The molecule has 5 aromatic rings. The van der Waals surface area contributed by atoms with Crippen LogP contribution in [-0.2, 0) is 11.3 Å². The fraction of sp³-hybridized carbons (Fsp3) is 0.324. The number of para-hydroxylation sites is 1. The molecule has 0 saturated carbocycles. The first-order valence-corrected chi connectivity index (χ1v) is 16.8. The van der Waals surface area contributed by atoms with Crippen LogP contribution in [0.4, 0.5) is 10.2 Å². The molecule has 7 rings (SSSR count). The lowest BCUT2D eigenvalue weighted by atomic mass is 9.93. The first kappa shape index (κ1) is 33.6. The van der Waals surface area contributed by atoms with Gasteiger partial charge in [0.05, 0.1) is 45.8 Å². The lowest BCUT2D eigenvalue weighted by molar-refractivity contribution is -0.131. The van der Waals surface area contributed by atoms with E-state index in [0.29, 0.717) is 90.8 Å². The molecule has 13 nitrogen and oxygen atoms in total. The quantitative estimate of drug-likeness (QED) is 0.222. The minimum Gasteiger partial charge on any atom is -0.496 e. The Morgan fingerprint density at radius 1 is 0.902 bits per heavy atom. The van der Waals surface area contributed by atoms with Crippen molar-refractivity contribution in [1.29, 1.82) is 0 Å². The number of aromatic amines is 1. The third-order valence-electron chi connectivity index (χ3n) is 9.49. The number of methoxy groups -OCH3 is 3. The fourth-order valence-corrected chi connectivity index (χ4v) is 6.78. The number of pyridine rings is 1. The van der Waals surface area contributed by atoms with Crippen LogP contribution in [0.5, 0.6) is 17.2 Å². The third kappa shape index (κ3) is 6.68. The van der Waals surface area contributed by atoms with E-state index in [-0.39, 0.29) is 36.0 Å². The van der Waals surface area contributed by atoms with E-state index >= 15 is 4.39 Å². The standard InChI is InChI=1S/C37H39FN8O5/c1-49-25-19-32(51-3)36(39-22-25)43-15-17-44(18-16-43)37(48)30-21-29-28(26-8-4-5-9-31(26)50-2)20-27(34(38)35(29)41-30)24-7-6-12-45(23-24)33(47)10-13-46-14-11-40-42-46/h4-5,7-9,11,14,19-22,41H,6,10,12-13,15-18,23H2,1-3H3. The number of hydrogen-bond donors (Lipinski definition) is 1. The molecule has 2 aromatic carbocycles. The number of hydrogen-bond acceptors (Lipinski definition) is 9. The summed E-state index contributed by atoms with van der Waals surface area (Å²) in [7, 11) is 4.75. The van der Waals surface area contributed by atoms with Gasteiger partial charge >= 0.3 is 0 Å². The smallest absolute Gasteiger partial charge is 0.270 e. The van der Waals surface area contributed by atoms with Crippen molar-refractivity contribution >= 4 is 34.1 Å². The van der Waals surface area contributed by atoms with Gasteiger partial charge in [-0.2, -0.15) is 0 Å². The molecular weight excluding hydrogens is 655 g/mol. The summed E-state index contributed by atoms with van der Waals surface area (Å²) < 4.78 is 34.8. The highest BCUT2D eigenvalue weighted by atomic mass is 19.1. The van der Waals surface area contributed by atoms with Crippen LogP contribution in [0.1, 0.15) is 28.9 Å². The van der Waals surface area contributed by atoms with E-state index in [9.17, 15) is 9.59 Å². The molecule has 3 aromatic heterocycles. The Labute approximate surface area is 294 Å². The van der Waals surface area contributed by atoms with Gasteiger partial charge in [0.15, 0.2) is 17.4 Å². The van der Waals surface area contributed by atoms with E-state index < -0.39 is 5.82 Å². The van der Waals surface area contributed by atoms with Crippen LogP contribution in [0.25, 0.3) is 27.6 Å². The summed E-state index contributed by atoms with van der Waals surface area (Å²) in [5.41, 5.74) is 3.05. The summed E-state index contributed by atoms with van der Waals surface area (Å²) in [5, 5.41) is 8.30. The first-order chi connectivity index (χ1) is 24.9. The molecule has 2 aliphatic heterocycles. The minimum absolute atomic E-state index is 0.0448. The summed E-state index contributed by atoms with van der Waals surface area (Å²) >= 11 is 0. The maximum Gasteiger partial charge on any atom is 0.270 e. The van der Waals surface area contributed by atoms with Crippen molar-refractivity contribution in [2.45, 2.75) is 19.4 Å². The number of carbonyl (C=O) groups excluding carboxylic acids is 2. The maximum absolute atomic E-state index is 16.7. The van der Waals surface area contributed by atoms with Crippen LogP contribution in [0.15, 0.2) is 67.1 Å². The Bertz CT molecular complexity index is 2090. The van der Waals surface area contributed by atoms with Crippen LogP contribution in [0.3, 0.4) is 0 Å². The summed E-state index contributed by atoms with van der Waals surface area (Å²) in [6, 6.07) is 12.9. The summed E-state index contributed by atoms with van der Waals surface area (Å²) in [6.45, 7) is 3.15. The zero-order valence-corrected chi connectivity index (χ0v) is 28.8. The van der Waals surface area contributed by atoms with Crippen molar-refractivity contribution < 1.29 is 28.2 Å². The number of aromatic nitrogens is 5. The van der Waals surface area contributed by atoms with Crippen molar-refractivity contribution in [3.8, 4) is 28.4 Å². The lowest BCUT2D eigenvalue weighted by Gasteiger charge is -2.35. The first-order valence-electron chi connectivity index (χ1n) is 16.8. The highest BCUT2D eigenvalue weighted by Gasteiger charge is 2.29. The van der Waals surface area contributed by atoms with E-state index in [1.807, 2.05) is 30.3 Å². The number of H-pyrrole nitrogens is 1. The van der Waals surface area contributed by atoms with Crippen LogP contribution in [0, 0.1) is 5.82 Å². The number of nitrogens with one attached hydrogen (secondary N) is 1. The molecule has 5 heterocycles. The van der Waals surface area contributed by atoms with Gasteiger partial charge in [-0.1, -0.05) is 29.5 Å². The third-order valence-corrected chi connectivity index (χ3v) is 9.49. The van der Waals surface area contributed by atoms with Crippen LogP contribution >= 0.6 is 0 Å². The van der Waals surface area contributed by atoms with Gasteiger partial charge in [-0.15, -0.1) is 5.10 Å². The van der Waals surface area contributed by atoms with Gasteiger partial charge < -0.3 is 33.9 Å². The highest BCUT2D eigenvalue weighted by molar-refractivity contribution is 6.05. The zero-order chi connectivity index (χ0) is 35.5. The van der Waals surface area contributed by atoms with Crippen molar-refractivity contribution in [2.75, 3.05) is 65.5 Å². The Morgan fingerprint density at radius 3 is 2.45 bits per heavy atom. The van der Waals surface area contributed by atoms with Crippen LogP contribution < -0.4 is 19.1 Å². The number of aryl methyl sites for hydroxylation is 1. The maximum atomic E-state index is 16.7. The zero-order valence-electron chi connectivity index (χ0n) is 28.8. The highest BCUT2D eigenvalue weighted by Crippen LogP contribution is 2.40. The molecular formula is C37H39FN8O5. The second-order valence-corrected chi connectivity index (χ2v) is 12.4. The minimum atomic E-state index is -0.478. The van der Waals surface area contributed by atoms with Gasteiger partial charge in [-0.25, -0.2) is 9.37 Å². The molecule has 2 aliphatic rings. The topological polar surface area (TPSA) is 131 Å². The van der Waals surface area contributed by atoms with Gasteiger partial charge in [0, 0.05) is 74.5 Å². The Hall–Kier alpha value is -5.92. The van der Waals surface area contributed by atoms with Gasteiger partial charge in [0.25, 0.3) is 5.91 Å². The molecule has 1 saturated heterocycles. The second-order valence-electron chi connectivity index (χ2n) is 12.4. The van der Waals surface area contributed by atoms with Crippen LogP contribution in [0.2, 0.25) is 0 Å². The number of nitrogens with zero attached hydrogens (tertiary/aromatic N) is 7. The van der Waals surface area contributed by atoms with Gasteiger partial charge in [-0.05, 0) is 35.8 Å². The van der Waals surface area contributed by atoms with Gasteiger partial charge in [-0.3, -0.25) is 14.3 Å². The number of carbonyl (C=O) groups is 2. The normalized spacial score (nSPS) is 14.8. The van der Waals surface area contributed by atoms with E-state index in [1.54, 1.807) is 72.6 Å². The van der Waals surface area contributed by atoms with Crippen molar-refractivity contribution in [2.24, 2.45) is 0 Å². The van der Waals surface area contributed by atoms with Crippen molar-refractivity contribution in [3.05, 3.63) is 84.2 Å². The fourth-order valence-electron chi connectivity index (χ4n) is 6.78. The van der Waals surface area contributed by atoms with E-state index in [4.69, 9.17) is 14.2 Å². The number of amides is 2. The summed E-state index contributed by atoms with van der Waals surface area (Å²) in [4.78, 5) is 40.4. The average molecular weight is 695 g/mol. The number of fused-ring (bicyclic) bond motifs is 1. The molecule has 51 heavy (non-hydrogen) atoms. The molecule has 0 bridgehead atoms. The Morgan fingerprint density at radius 2 is 1.71 bits per heavy atom. The molecule has 264 valence electrons. The number of halogens is 1. The van der Waals surface area contributed by atoms with Crippen molar-refractivity contribution in [3.63, 3.8) is 0 Å². The number of rotatable bonds is 10. The molecule has 0 spiro atoms. The molecule has 14 heteroatoms. The lowest BCUT2D eigenvalue weighted by Crippen LogP contribution is -2.49. The number of benzene rings is 2. The molecule has 1 fully saturated rings. The largest absolute Gasteiger partial charge is 0.496 e. The van der Waals surface area contributed by atoms with E-state index in [1.165, 1.54) is 0 Å². The average Bonchev–Trinajstić information content (AvgIpc) is 3.88. The summed E-state index contributed by atoms with van der Waals surface area (Å²) in [5.74, 6) is 1.73. The molecule has 0 aliphatic carbocycles. The monoisotopic (exact) mass is 694 g/mol. The van der Waals surface area contributed by atoms with Crippen LogP contribution in [-0.4, -0.2) is 107 Å². The van der Waals surface area contributed by atoms with Gasteiger partial charge in [0.1, 0.15) is 17.2 Å². The number of ether oxygens (including phenoxy) is 3. The predicted molar refractivity (Wildman–Crippen MR) is 190 cm³/mol. The molecule has 0 radical (unpaired) electrons. The second kappa shape index (κ2) is 14.5. The predicted octanol–water partition coefficient (Wildman–Crippen LogP) is 4.65. The Kier molecular flexibility index (Phi) is 9.55. The van der Waals surface area contributed by atoms with Crippen molar-refractivity contribution in [1.82, 2.24) is 34.8 Å². The Balaban J connectivity index is 1.18.